The molecule has 0 aliphatic heterocycles. The van der Waals surface area contributed by atoms with Gasteiger partial charge in [0, 0.05) is 0 Å². The number of rotatable bonds is 1. The van der Waals surface area contributed by atoms with Gasteiger partial charge in [0.1, 0.15) is 0 Å². The van der Waals surface area contributed by atoms with Gasteiger partial charge in [0.25, 0.3) is 0 Å². The summed E-state index contributed by atoms with van der Waals surface area (Å²) in [4.78, 5) is 0. The first-order valence-corrected chi connectivity index (χ1v) is 3.26. The molecule has 1 unspecified atom stereocenters. The lowest BCUT2D eigenvalue weighted by Crippen LogP contribution is -2.33. The Labute approximate surface area is 62.7 Å². The summed E-state index contributed by atoms with van der Waals surface area (Å²) >= 11 is 0. The Bertz CT molecular complexity index is 153. The van der Waals surface area contributed by atoms with Crippen molar-refractivity contribution in [1.29, 1.82) is 0 Å². The van der Waals surface area contributed by atoms with Crippen LogP contribution in [0, 0.1) is 0 Å². The third-order valence-corrected chi connectivity index (χ3v) is 1.54. The molecular formula is C3HF8P. The maximum atomic E-state index is 11.6. The van der Waals surface area contributed by atoms with Crippen LogP contribution >= 0.6 is 8.58 Å². The standard InChI is InChI=1S/C3HF8P/c4-1(5,6)2(7,8)12-3(9,10)11/h12H. The second-order valence-electron chi connectivity index (χ2n) is 1.69. The van der Waals surface area contributed by atoms with E-state index in [1.165, 1.54) is 0 Å². The molecule has 0 amide bonds. The van der Waals surface area contributed by atoms with Crippen LogP contribution in [-0.4, -0.2) is 17.8 Å². The molecule has 0 aliphatic carbocycles. The van der Waals surface area contributed by atoms with Crippen molar-refractivity contribution in [2.24, 2.45) is 0 Å². The van der Waals surface area contributed by atoms with E-state index >= 15 is 0 Å². The molecule has 74 valence electrons. The highest BCUT2D eigenvalue weighted by Gasteiger charge is 2.62. The second-order valence-corrected chi connectivity index (χ2v) is 3.14. The van der Waals surface area contributed by atoms with Gasteiger partial charge in [-0.25, -0.2) is 0 Å². The van der Waals surface area contributed by atoms with Crippen LogP contribution in [0.4, 0.5) is 35.1 Å². The average Bonchev–Trinajstić information content (AvgIpc) is 1.52. The zero-order valence-electron chi connectivity index (χ0n) is 5.02. The van der Waals surface area contributed by atoms with Crippen molar-refractivity contribution in [3.63, 3.8) is 0 Å². The smallest absolute Gasteiger partial charge is 0.191 e. The molecule has 0 rings (SSSR count). The van der Waals surface area contributed by atoms with E-state index in [0.717, 1.165) is 0 Å². The number of hydrogen-bond acceptors (Lipinski definition) is 0. The van der Waals surface area contributed by atoms with E-state index in [1.54, 1.807) is 0 Å². The molecular weight excluding hydrogens is 219 g/mol. The Morgan fingerprint density at radius 1 is 0.667 bits per heavy atom. The zero-order chi connectivity index (χ0) is 10.2. The fourth-order valence-electron chi connectivity index (χ4n) is 0.249. The summed E-state index contributed by atoms with van der Waals surface area (Å²) in [7, 11) is -3.44. The summed E-state index contributed by atoms with van der Waals surface area (Å²) in [6.07, 6.45) is -6.14. The van der Waals surface area contributed by atoms with Gasteiger partial charge in [-0.05, 0) is 0 Å². The van der Waals surface area contributed by atoms with Crippen molar-refractivity contribution >= 4 is 8.58 Å². The minimum atomic E-state index is -6.14. The third-order valence-electron chi connectivity index (χ3n) is 0.655. The highest BCUT2D eigenvalue weighted by Crippen LogP contribution is 2.55. The molecule has 1 atom stereocenters. The molecule has 12 heavy (non-hydrogen) atoms. The highest BCUT2D eigenvalue weighted by atomic mass is 31.1. The van der Waals surface area contributed by atoms with E-state index in [4.69, 9.17) is 0 Å². The van der Waals surface area contributed by atoms with Crippen LogP contribution in [0.2, 0.25) is 0 Å². The van der Waals surface area contributed by atoms with Gasteiger partial charge in [0.2, 0.25) is 0 Å². The SMILES string of the molecule is FC(F)(F)PC(F)(F)C(F)(F)F. The van der Waals surface area contributed by atoms with Crippen molar-refractivity contribution in [2.75, 3.05) is 0 Å². The van der Waals surface area contributed by atoms with Gasteiger partial charge in [0.05, 0.1) is 8.58 Å². The fourth-order valence-corrected chi connectivity index (χ4v) is 0.747. The first-order chi connectivity index (χ1) is 4.96. The van der Waals surface area contributed by atoms with Crippen LogP contribution < -0.4 is 0 Å². The summed E-state index contributed by atoms with van der Waals surface area (Å²) in [6, 6.07) is 0. The molecule has 0 aliphatic rings. The van der Waals surface area contributed by atoms with Crippen molar-refractivity contribution in [1.82, 2.24) is 0 Å². The van der Waals surface area contributed by atoms with E-state index in [2.05, 4.69) is 0 Å². The lowest BCUT2D eigenvalue weighted by atomic mass is 10.7. The van der Waals surface area contributed by atoms with Crippen LogP contribution in [0.15, 0.2) is 0 Å². The van der Waals surface area contributed by atoms with E-state index in [-0.39, 0.29) is 0 Å². The van der Waals surface area contributed by atoms with Crippen molar-refractivity contribution in [2.45, 2.75) is 17.8 Å². The van der Waals surface area contributed by atoms with Gasteiger partial charge >= 0.3 is 17.8 Å². The molecule has 0 saturated carbocycles. The summed E-state index contributed by atoms with van der Waals surface area (Å²) in [5, 5.41) is 0. The average molecular weight is 220 g/mol. The normalized spacial score (nSPS) is 16.0. The van der Waals surface area contributed by atoms with E-state index in [0.29, 0.717) is 0 Å². The molecule has 0 nitrogen and oxygen atoms in total. The molecule has 0 bridgehead atoms. The highest BCUT2D eigenvalue weighted by molar-refractivity contribution is 7.40. The maximum Gasteiger partial charge on any atom is 0.457 e. The molecule has 0 spiro atoms. The van der Waals surface area contributed by atoms with Crippen LogP contribution in [-0.2, 0) is 0 Å². The molecule has 0 saturated heterocycles. The van der Waals surface area contributed by atoms with E-state index in [1.807, 2.05) is 0 Å². The quantitative estimate of drug-likeness (QED) is 0.469. The van der Waals surface area contributed by atoms with Crippen molar-refractivity contribution in [3.8, 4) is 0 Å². The molecule has 0 N–H and O–H groups in total. The van der Waals surface area contributed by atoms with Crippen LogP contribution in [0.25, 0.3) is 0 Å². The Balaban J connectivity index is 4.44. The Hall–Kier alpha value is -0.130. The maximum absolute atomic E-state index is 11.6. The van der Waals surface area contributed by atoms with Gasteiger partial charge in [-0.3, -0.25) is 0 Å². The Kier molecular flexibility index (Phi) is 2.94. The number of hydrogen-bond donors (Lipinski definition) is 0. The van der Waals surface area contributed by atoms with E-state index < -0.39 is 26.3 Å². The minimum absolute atomic E-state index is 3.44. The topological polar surface area (TPSA) is 0 Å². The van der Waals surface area contributed by atoms with Gasteiger partial charge in [0.15, 0.2) is 0 Å². The van der Waals surface area contributed by atoms with Gasteiger partial charge in [-0.1, -0.05) is 0 Å². The molecule has 0 aromatic rings. The predicted molar refractivity (Wildman–Crippen MR) is 25.4 cm³/mol. The van der Waals surface area contributed by atoms with Gasteiger partial charge in [-0.15, -0.1) is 0 Å². The minimum Gasteiger partial charge on any atom is -0.191 e. The molecule has 0 aromatic heterocycles. The molecule has 0 heterocycles. The van der Waals surface area contributed by atoms with E-state index in [9.17, 15) is 35.1 Å². The van der Waals surface area contributed by atoms with Crippen LogP contribution in [0.3, 0.4) is 0 Å². The molecule has 9 heteroatoms. The molecule has 0 radical (unpaired) electrons. The second kappa shape index (κ2) is 2.97. The number of alkyl halides is 8. The molecule has 0 fully saturated rings. The number of halogens is 8. The molecule has 0 aromatic carbocycles. The zero-order valence-corrected chi connectivity index (χ0v) is 6.02. The predicted octanol–water partition coefficient (Wildman–Crippen LogP) is 3.34. The lowest BCUT2D eigenvalue weighted by molar-refractivity contribution is -0.243. The lowest BCUT2D eigenvalue weighted by Gasteiger charge is -2.20. The van der Waals surface area contributed by atoms with Crippen molar-refractivity contribution in [3.05, 3.63) is 0 Å². The Morgan fingerprint density at radius 3 is 1.08 bits per heavy atom. The summed E-state index contributed by atoms with van der Waals surface area (Å²) < 4.78 is 89.9. The summed E-state index contributed by atoms with van der Waals surface area (Å²) in [5.74, 6) is -5.50. The fraction of sp³-hybridized carbons (Fsp3) is 1.00. The summed E-state index contributed by atoms with van der Waals surface area (Å²) in [5.41, 5.74) is -5.68. The van der Waals surface area contributed by atoms with Gasteiger partial charge in [-0.2, -0.15) is 35.1 Å². The van der Waals surface area contributed by atoms with Crippen LogP contribution in [0.5, 0.6) is 0 Å². The summed E-state index contributed by atoms with van der Waals surface area (Å²) in [6.45, 7) is 0. The van der Waals surface area contributed by atoms with Crippen molar-refractivity contribution < 1.29 is 35.1 Å². The first-order valence-electron chi connectivity index (χ1n) is 2.26. The largest absolute Gasteiger partial charge is 0.457 e. The third kappa shape index (κ3) is 3.51. The van der Waals surface area contributed by atoms with Gasteiger partial charge < -0.3 is 0 Å². The first kappa shape index (κ1) is 11.9. The monoisotopic (exact) mass is 220 g/mol. The Morgan fingerprint density at radius 2 is 1.00 bits per heavy atom. The van der Waals surface area contributed by atoms with Crippen LogP contribution in [0.1, 0.15) is 0 Å².